The van der Waals surface area contributed by atoms with Gasteiger partial charge in [-0.3, -0.25) is 23.9 Å². The number of carbonyl (C=O) groups excluding carboxylic acids is 2. The van der Waals surface area contributed by atoms with Gasteiger partial charge in [0.05, 0.1) is 0 Å². The number of hydrogen-bond donors (Lipinski definition) is 2. The SMILES string of the molecule is Cc1cc(NC(=O)COC(=O)Cn2ccc(=O)[nH]c2=O)no1. The van der Waals surface area contributed by atoms with Gasteiger partial charge in [0.15, 0.2) is 12.4 Å². The fraction of sp³-hybridized carbons (Fsp3) is 0.250. The quantitative estimate of drug-likeness (QED) is 0.677. The number of aromatic amines is 1. The fourth-order valence-corrected chi connectivity index (χ4v) is 1.50. The van der Waals surface area contributed by atoms with Gasteiger partial charge in [-0.25, -0.2) is 4.79 Å². The smallest absolute Gasteiger partial charge is 0.328 e. The van der Waals surface area contributed by atoms with Crippen LogP contribution in [0.2, 0.25) is 0 Å². The number of aryl methyl sites for hydroxylation is 1. The number of ether oxygens (including phenoxy) is 1. The Morgan fingerprint density at radius 2 is 2.23 bits per heavy atom. The van der Waals surface area contributed by atoms with Gasteiger partial charge >= 0.3 is 11.7 Å². The number of nitrogens with zero attached hydrogens (tertiary/aromatic N) is 2. The third kappa shape index (κ3) is 4.16. The van der Waals surface area contributed by atoms with Gasteiger partial charge in [0.25, 0.3) is 11.5 Å². The summed E-state index contributed by atoms with van der Waals surface area (Å²) in [4.78, 5) is 47.2. The number of carbonyl (C=O) groups is 2. The lowest BCUT2D eigenvalue weighted by Gasteiger charge is -2.05. The minimum absolute atomic E-state index is 0.204. The standard InChI is InChI=1S/C12H12N4O6/c1-7-4-8(15-22-7)13-10(18)6-21-11(19)5-16-3-2-9(17)14-12(16)20/h2-4H,5-6H2,1H3,(H,13,15,18)(H,14,17,20). The van der Waals surface area contributed by atoms with Gasteiger partial charge in [-0.05, 0) is 6.92 Å². The first-order valence-electron chi connectivity index (χ1n) is 6.12. The topological polar surface area (TPSA) is 136 Å². The molecule has 116 valence electrons. The summed E-state index contributed by atoms with van der Waals surface area (Å²) in [5, 5.41) is 5.91. The number of hydrogen-bond acceptors (Lipinski definition) is 7. The van der Waals surface area contributed by atoms with E-state index in [1.54, 1.807) is 6.92 Å². The van der Waals surface area contributed by atoms with Gasteiger partial charge in [0.1, 0.15) is 12.3 Å². The molecule has 0 spiro atoms. The first-order valence-corrected chi connectivity index (χ1v) is 6.12. The molecule has 0 saturated carbocycles. The van der Waals surface area contributed by atoms with E-state index < -0.39 is 36.3 Å². The monoisotopic (exact) mass is 308 g/mol. The molecule has 0 saturated heterocycles. The van der Waals surface area contributed by atoms with Gasteiger partial charge in [-0.15, -0.1) is 0 Å². The molecule has 0 aliphatic rings. The molecule has 2 aromatic rings. The number of aromatic nitrogens is 3. The number of nitrogens with one attached hydrogen (secondary N) is 2. The van der Waals surface area contributed by atoms with Crippen LogP contribution in [-0.4, -0.2) is 33.2 Å². The Hall–Kier alpha value is -3.17. The second-order valence-corrected chi connectivity index (χ2v) is 4.27. The maximum atomic E-state index is 11.5. The van der Waals surface area contributed by atoms with Crippen LogP contribution in [0.3, 0.4) is 0 Å². The van der Waals surface area contributed by atoms with Gasteiger partial charge in [-0.2, -0.15) is 0 Å². The van der Waals surface area contributed by atoms with Crippen LogP contribution in [0.25, 0.3) is 0 Å². The van der Waals surface area contributed by atoms with Crippen LogP contribution in [0, 0.1) is 6.92 Å². The van der Waals surface area contributed by atoms with Crippen molar-refractivity contribution >= 4 is 17.7 Å². The lowest BCUT2D eigenvalue weighted by atomic mass is 10.5. The Labute approximate surface area is 122 Å². The second-order valence-electron chi connectivity index (χ2n) is 4.27. The van der Waals surface area contributed by atoms with Gasteiger partial charge in [-0.1, -0.05) is 5.16 Å². The Balaban J connectivity index is 1.83. The highest BCUT2D eigenvalue weighted by Gasteiger charge is 2.11. The van der Waals surface area contributed by atoms with Crippen molar-refractivity contribution in [3.63, 3.8) is 0 Å². The maximum absolute atomic E-state index is 11.5. The molecular formula is C12H12N4O6. The zero-order chi connectivity index (χ0) is 16.1. The average Bonchev–Trinajstić information content (AvgIpc) is 2.85. The van der Waals surface area contributed by atoms with E-state index in [2.05, 4.69) is 10.5 Å². The Kier molecular flexibility index (Phi) is 4.51. The van der Waals surface area contributed by atoms with Crippen molar-refractivity contribution in [1.29, 1.82) is 0 Å². The molecule has 0 radical (unpaired) electrons. The van der Waals surface area contributed by atoms with Crippen molar-refractivity contribution in [1.82, 2.24) is 14.7 Å². The molecule has 10 heteroatoms. The first kappa shape index (κ1) is 15.2. The van der Waals surface area contributed by atoms with Crippen LogP contribution in [-0.2, 0) is 20.9 Å². The van der Waals surface area contributed by atoms with E-state index in [1.165, 1.54) is 6.07 Å². The largest absolute Gasteiger partial charge is 0.454 e. The summed E-state index contributed by atoms with van der Waals surface area (Å²) >= 11 is 0. The van der Waals surface area contributed by atoms with Crippen LogP contribution >= 0.6 is 0 Å². The second kappa shape index (κ2) is 6.52. The molecule has 0 aromatic carbocycles. The van der Waals surface area contributed by atoms with Crippen molar-refractivity contribution in [3.05, 3.63) is 44.9 Å². The summed E-state index contributed by atoms with van der Waals surface area (Å²) in [6, 6.07) is 2.59. The summed E-state index contributed by atoms with van der Waals surface area (Å²) in [5.41, 5.74) is -1.32. The molecule has 2 rings (SSSR count). The Bertz CT molecular complexity index is 802. The van der Waals surface area contributed by atoms with E-state index >= 15 is 0 Å². The minimum atomic E-state index is -0.805. The molecule has 0 fully saturated rings. The third-order valence-corrected chi connectivity index (χ3v) is 2.46. The fourth-order valence-electron chi connectivity index (χ4n) is 1.50. The van der Waals surface area contributed by atoms with Crippen molar-refractivity contribution < 1.29 is 18.8 Å². The van der Waals surface area contributed by atoms with Gasteiger partial charge in [0, 0.05) is 18.3 Å². The molecule has 2 aromatic heterocycles. The summed E-state index contributed by atoms with van der Waals surface area (Å²) in [6.45, 7) is 0.694. The molecule has 10 nitrogen and oxygen atoms in total. The van der Waals surface area contributed by atoms with E-state index in [-0.39, 0.29) is 5.82 Å². The van der Waals surface area contributed by atoms with E-state index in [4.69, 9.17) is 9.26 Å². The number of amides is 1. The molecule has 0 atom stereocenters. The van der Waals surface area contributed by atoms with E-state index in [1.807, 2.05) is 4.98 Å². The van der Waals surface area contributed by atoms with E-state index in [0.29, 0.717) is 5.76 Å². The number of H-pyrrole nitrogens is 1. The van der Waals surface area contributed by atoms with Crippen LogP contribution in [0.15, 0.2) is 32.4 Å². The number of rotatable bonds is 5. The van der Waals surface area contributed by atoms with Crippen molar-refractivity contribution in [2.24, 2.45) is 0 Å². The predicted molar refractivity (Wildman–Crippen MR) is 72.2 cm³/mol. The summed E-state index contributed by atoms with van der Waals surface area (Å²) < 4.78 is 10.4. The highest BCUT2D eigenvalue weighted by atomic mass is 16.5. The molecule has 0 unspecified atom stereocenters. The number of esters is 1. The maximum Gasteiger partial charge on any atom is 0.328 e. The lowest BCUT2D eigenvalue weighted by molar-refractivity contribution is -0.148. The molecule has 2 N–H and O–H groups in total. The zero-order valence-electron chi connectivity index (χ0n) is 11.5. The number of anilines is 1. The molecule has 0 bridgehead atoms. The summed E-state index contributed by atoms with van der Waals surface area (Å²) in [5.74, 6) is -0.684. The lowest BCUT2D eigenvalue weighted by Crippen LogP contribution is -2.32. The molecule has 2 heterocycles. The Morgan fingerprint density at radius 3 is 2.86 bits per heavy atom. The van der Waals surface area contributed by atoms with E-state index in [0.717, 1.165) is 16.8 Å². The first-order chi connectivity index (χ1) is 10.4. The van der Waals surface area contributed by atoms with Crippen LogP contribution in [0.4, 0.5) is 5.82 Å². The normalized spacial score (nSPS) is 10.2. The van der Waals surface area contributed by atoms with Crippen molar-refractivity contribution in [2.75, 3.05) is 11.9 Å². The van der Waals surface area contributed by atoms with Crippen LogP contribution < -0.4 is 16.6 Å². The van der Waals surface area contributed by atoms with Crippen LogP contribution in [0.1, 0.15) is 5.76 Å². The molecule has 1 amide bonds. The van der Waals surface area contributed by atoms with Crippen molar-refractivity contribution in [3.8, 4) is 0 Å². The molecule has 0 aliphatic carbocycles. The van der Waals surface area contributed by atoms with Crippen molar-refractivity contribution in [2.45, 2.75) is 13.5 Å². The minimum Gasteiger partial charge on any atom is -0.454 e. The molecular weight excluding hydrogens is 296 g/mol. The predicted octanol–water partition coefficient (Wildman–Crippen LogP) is -0.985. The Morgan fingerprint density at radius 1 is 1.45 bits per heavy atom. The highest BCUT2D eigenvalue weighted by Crippen LogP contribution is 2.06. The summed E-state index contributed by atoms with van der Waals surface area (Å²) in [6.07, 6.45) is 1.15. The molecule has 22 heavy (non-hydrogen) atoms. The highest BCUT2D eigenvalue weighted by molar-refractivity contribution is 5.91. The van der Waals surface area contributed by atoms with Crippen LogP contribution in [0.5, 0.6) is 0 Å². The average molecular weight is 308 g/mol. The summed E-state index contributed by atoms with van der Waals surface area (Å²) in [7, 11) is 0. The van der Waals surface area contributed by atoms with Gasteiger partial charge < -0.3 is 14.6 Å². The van der Waals surface area contributed by atoms with Gasteiger partial charge in [0.2, 0.25) is 0 Å². The molecule has 0 aliphatic heterocycles. The third-order valence-electron chi connectivity index (χ3n) is 2.46. The van der Waals surface area contributed by atoms with E-state index in [9.17, 15) is 19.2 Å². The zero-order valence-corrected chi connectivity index (χ0v) is 11.5.